The van der Waals surface area contributed by atoms with Gasteiger partial charge in [-0.2, -0.15) is 5.26 Å². The third kappa shape index (κ3) is 3.23. The fourth-order valence-electron chi connectivity index (χ4n) is 2.14. The molecule has 4 heteroatoms. The molecular formula is C14H17ClN2O. The van der Waals surface area contributed by atoms with Crippen LogP contribution in [0.1, 0.15) is 30.9 Å². The van der Waals surface area contributed by atoms with Gasteiger partial charge in [0.25, 0.3) is 0 Å². The van der Waals surface area contributed by atoms with Crippen LogP contribution in [0.3, 0.4) is 0 Å². The predicted molar refractivity (Wildman–Crippen MR) is 71.5 cm³/mol. The molecule has 2 rings (SSSR count). The van der Waals surface area contributed by atoms with Gasteiger partial charge in [-0.15, -0.1) is 0 Å². The standard InChI is InChI=1S/C14H17ClN2O/c1-14(5-2-6-18-10-14)17-9-12-4-3-11(8-16)7-13(12)15/h3-4,7,17H,2,5-6,9-10H2,1H3. The molecule has 0 aliphatic carbocycles. The fourth-order valence-corrected chi connectivity index (χ4v) is 2.39. The van der Waals surface area contributed by atoms with Crippen molar-refractivity contribution in [1.82, 2.24) is 5.32 Å². The monoisotopic (exact) mass is 264 g/mol. The molecule has 1 aliphatic heterocycles. The second-order valence-corrected chi connectivity index (χ2v) is 5.40. The molecule has 18 heavy (non-hydrogen) atoms. The Kier molecular flexibility index (Phi) is 4.23. The van der Waals surface area contributed by atoms with Crippen LogP contribution in [-0.4, -0.2) is 18.8 Å². The van der Waals surface area contributed by atoms with Gasteiger partial charge in [-0.05, 0) is 37.5 Å². The molecule has 1 N–H and O–H groups in total. The number of hydrogen-bond acceptors (Lipinski definition) is 3. The normalized spacial score (nSPS) is 23.6. The zero-order valence-electron chi connectivity index (χ0n) is 10.5. The molecule has 0 bridgehead atoms. The molecule has 1 saturated heterocycles. The summed E-state index contributed by atoms with van der Waals surface area (Å²) in [5.74, 6) is 0. The first-order valence-electron chi connectivity index (χ1n) is 6.14. The maximum atomic E-state index is 8.79. The lowest BCUT2D eigenvalue weighted by molar-refractivity contribution is 0.0278. The third-order valence-corrected chi connectivity index (χ3v) is 3.68. The van der Waals surface area contributed by atoms with E-state index in [9.17, 15) is 0 Å². The molecule has 1 heterocycles. The molecule has 1 unspecified atom stereocenters. The Morgan fingerprint density at radius 2 is 2.39 bits per heavy atom. The highest BCUT2D eigenvalue weighted by atomic mass is 35.5. The van der Waals surface area contributed by atoms with Crippen LogP contribution < -0.4 is 5.32 Å². The topological polar surface area (TPSA) is 45.0 Å². The molecule has 3 nitrogen and oxygen atoms in total. The van der Waals surface area contributed by atoms with Gasteiger partial charge in [-0.3, -0.25) is 0 Å². The highest BCUT2D eigenvalue weighted by molar-refractivity contribution is 6.31. The maximum Gasteiger partial charge on any atom is 0.0992 e. The first kappa shape index (κ1) is 13.4. The number of halogens is 1. The molecule has 0 spiro atoms. The van der Waals surface area contributed by atoms with Gasteiger partial charge in [0.2, 0.25) is 0 Å². The molecule has 1 aliphatic rings. The van der Waals surface area contributed by atoms with E-state index in [4.69, 9.17) is 21.6 Å². The summed E-state index contributed by atoms with van der Waals surface area (Å²) in [6, 6.07) is 7.49. The molecule has 1 aromatic rings. The predicted octanol–water partition coefficient (Wildman–Crippen LogP) is 2.87. The Hall–Kier alpha value is -1.08. The van der Waals surface area contributed by atoms with E-state index in [2.05, 4.69) is 18.3 Å². The van der Waals surface area contributed by atoms with Crippen LogP contribution in [0.2, 0.25) is 5.02 Å². The van der Waals surface area contributed by atoms with Crippen molar-refractivity contribution >= 4 is 11.6 Å². The second kappa shape index (κ2) is 5.71. The Morgan fingerprint density at radius 1 is 1.56 bits per heavy atom. The van der Waals surface area contributed by atoms with Crippen molar-refractivity contribution in [3.63, 3.8) is 0 Å². The van der Waals surface area contributed by atoms with E-state index in [1.165, 1.54) is 0 Å². The van der Waals surface area contributed by atoms with Crippen molar-refractivity contribution in [2.75, 3.05) is 13.2 Å². The number of rotatable bonds is 3. The number of ether oxygens (including phenoxy) is 1. The highest BCUT2D eigenvalue weighted by Crippen LogP contribution is 2.22. The second-order valence-electron chi connectivity index (χ2n) is 4.99. The Morgan fingerprint density at radius 3 is 3.00 bits per heavy atom. The van der Waals surface area contributed by atoms with Crippen LogP contribution in [0.4, 0.5) is 0 Å². The van der Waals surface area contributed by atoms with Crippen LogP contribution in [0.15, 0.2) is 18.2 Å². The SMILES string of the molecule is CC1(NCc2ccc(C#N)cc2Cl)CCCOC1. The summed E-state index contributed by atoms with van der Waals surface area (Å²) in [4.78, 5) is 0. The summed E-state index contributed by atoms with van der Waals surface area (Å²) in [5, 5.41) is 12.9. The average molecular weight is 265 g/mol. The van der Waals surface area contributed by atoms with Crippen LogP contribution in [0, 0.1) is 11.3 Å². The molecule has 1 atom stereocenters. The van der Waals surface area contributed by atoms with Crippen molar-refractivity contribution in [2.24, 2.45) is 0 Å². The lowest BCUT2D eigenvalue weighted by atomic mass is 9.94. The van der Waals surface area contributed by atoms with Gasteiger partial charge in [-0.1, -0.05) is 17.7 Å². The summed E-state index contributed by atoms with van der Waals surface area (Å²) in [6.07, 6.45) is 2.20. The van der Waals surface area contributed by atoms with Crippen LogP contribution in [0.25, 0.3) is 0 Å². The Labute approximate surface area is 113 Å². The van der Waals surface area contributed by atoms with Gasteiger partial charge in [0.15, 0.2) is 0 Å². The third-order valence-electron chi connectivity index (χ3n) is 3.33. The van der Waals surface area contributed by atoms with Crippen molar-refractivity contribution in [2.45, 2.75) is 31.8 Å². The molecule has 96 valence electrons. The van der Waals surface area contributed by atoms with Crippen molar-refractivity contribution < 1.29 is 4.74 Å². The van der Waals surface area contributed by atoms with Gasteiger partial charge in [0.05, 0.1) is 18.2 Å². The van der Waals surface area contributed by atoms with Crippen LogP contribution in [0.5, 0.6) is 0 Å². The first-order valence-corrected chi connectivity index (χ1v) is 6.52. The highest BCUT2D eigenvalue weighted by Gasteiger charge is 2.26. The number of nitrogens with zero attached hydrogens (tertiary/aromatic N) is 1. The van der Waals surface area contributed by atoms with E-state index in [-0.39, 0.29) is 5.54 Å². The van der Waals surface area contributed by atoms with Gasteiger partial charge in [0.1, 0.15) is 0 Å². The summed E-state index contributed by atoms with van der Waals surface area (Å²) in [6.45, 7) is 4.46. The van der Waals surface area contributed by atoms with Gasteiger partial charge in [-0.25, -0.2) is 0 Å². The molecule has 1 aromatic carbocycles. The molecular weight excluding hydrogens is 248 g/mol. The van der Waals surface area contributed by atoms with Crippen LogP contribution in [-0.2, 0) is 11.3 Å². The smallest absolute Gasteiger partial charge is 0.0992 e. The van der Waals surface area contributed by atoms with Gasteiger partial charge >= 0.3 is 0 Å². The zero-order chi connectivity index (χ0) is 13.0. The minimum atomic E-state index is 0.0233. The van der Waals surface area contributed by atoms with Crippen LogP contribution >= 0.6 is 11.6 Å². The minimum Gasteiger partial charge on any atom is -0.380 e. The first-order chi connectivity index (χ1) is 8.63. The molecule has 0 amide bonds. The maximum absolute atomic E-state index is 8.79. The lowest BCUT2D eigenvalue weighted by Gasteiger charge is -2.34. The van der Waals surface area contributed by atoms with E-state index in [1.807, 2.05) is 6.07 Å². The Balaban J connectivity index is 2.00. The number of benzene rings is 1. The summed E-state index contributed by atoms with van der Waals surface area (Å²) < 4.78 is 5.50. The lowest BCUT2D eigenvalue weighted by Crippen LogP contribution is -2.48. The molecule has 1 fully saturated rings. The number of hydrogen-bond donors (Lipinski definition) is 1. The Bertz CT molecular complexity index is 461. The largest absolute Gasteiger partial charge is 0.380 e. The number of nitrogens with one attached hydrogen (secondary N) is 1. The summed E-state index contributed by atoms with van der Waals surface area (Å²) >= 11 is 6.15. The van der Waals surface area contributed by atoms with Gasteiger partial charge in [0, 0.05) is 23.7 Å². The van der Waals surface area contributed by atoms with E-state index in [0.29, 0.717) is 17.1 Å². The summed E-state index contributed by atoms with van der Waals surface area (Å²) in [5.41, 5.74) is 1.63. The van der Waals surface area contributed by atoms with Gasteiger partial charge < -0.3 is 10.1 Å². The van der Waals surface area contributed by atoms with Crippen molar-refractivity contribution in [3.05, 3.63) is 34.3 Å². The molecule has 0 saturated carbocycles. The van der Waals surface area contributed by atoms with E-state index < -0.39 is 0 Å². The fraction of sp³-hybridized carbons (Fsp3) is 0.500. The average Bonchev–Trinajstić information content (AvgIpc) is 2.38. The van der Waals surface area contributed by atoms with Crippen molar-refractivity contribution in [3.8, 4) is 6.07 Å². The van der Waals surface area contributed by atoms with E-state index in [0.717, 1.165) is 31.6 Å². The quantitative estimate of drug-likeness (QED) is 0.913. The molecule has 0 radical (unpaired) electrons. The molecule has 0 aromatic heterocycles. The van der Waals surface area contributed by atoms with E-state index in [1.54, 1.807) is 12.1 Å². The zero-order valence-corrected chi connectivity index (χ0v) is 11.3. The minimum absolute atomic E-state index is 0.0233. The summed E-state index contributed by atoms with van der Waals surface area (Å²) in [7, 11) is 0. The van der Waals surface area contributed by atoms with Crippen molar-refractivity contribution in [1.29, 1.82) is 5.26 Å². The van der Waals surface area contributed by atoms with E-state index >= 15 is 0 Å². The number of nitriles is 1.